The van der Waals surface area contributed by atoms with Crippen LogP contribution in [0.25, 0.3) is 0 Å². The molecule has 6 nitrogen and oxygen atoms in total. The third-order valence-electron chi connectivity index (χ3n) is 4.03. The Hall–Kier alpha value is -0.210. The topological polar surface area (TPSA) is 61.9 Å². The Bertz CT molecular complexity index is 398. The SMILES string of the molecule is COCC1CCN(S(=O)(=O)N(C)CCCNC2CC2)C1. The van der Waals surface area contributed by atoms with Crippen LogP contribution < -0.4 is 5.32 Å². The Morgan fingerprint density at radius 1 is 1.35 bits per heavy atom. The Labute approximate surface area is 122 Å². The highest BCUT2D eigenvalue weighted by atomic mass is 32.2. The molecule has 1 aliphatic carbocycles. The van der Waals surface area contributed by atoms with E-state index in [9.17, 15) is 8.42 Å². The van der Waals surface area contributed by atoms with Gasteiger partial charge in [0.25, 0.3) is 10.2 Å². The molecule has 2 fully saturated rings. The third kappa shape index (κ3) is 4.39. The number of rotatable bonds is 9. The molecule has 1 saturated heterocycles. The summed E-state index contributed by atoms with van der Waals surface area (Å²) in [6, 6.07) is 0.685. The Morgan fingerprint density at radius 2 is 2.10 bits per heavy atom. The lowest BCUT2D eigenvalue weighted by Gasteiger charge is -2.24. The van der Waals surface area contributed by atoms with Gasteiger partial charge in [-0.3, -0.25) is 0 Å². The molecule has 2 rings (SSSR count). The summed E-state index contributed by atoms with van der Waals surface area (Å²) in [6.45, 7) is 3.31. The summed E-state index contributed by atoms with van der Waals surface area (Å²) < 4.78 is 33.0. The molecule has 2 aliphatic rings. The predicted octanol–water partition coefficient (Wildman–Crippen LogP) is 0.273. The molecule has 1 aliphatic heterocycles. The highest BCUT2D eigenvalue weighted by Gasteiger charge is 2.33. The molecule has 1 atom stereocenters. The monoisotopic (exact) mass is 305 g/mol. The van der Waals surface area contributed by atoms with Crippen molar-refractivity contribution in [1.29, 1.82) is 0 Å². The van der Waals surface area contributed by atoms with Gasteiger partial charge in [-0.25, -0.2) is 0 Å². The maximum absolute atomic E-state index is 12.4. The van der Waals surface area contributed by atoms with E-state index in [1.807, 2.05) is 0 Å². The summed E-state index contributed by atoms with van der Waals surface area (Å²) in [5, 5.41) is 3.41. The van der Waals surface area contributed by atoms with Gasteiger partial charge < -0.3 is 10.1 Å². The second-order valence-corrected chi connectivity index (χ2v) is 7.91. The van der Waals surface area contributed by atoms with Gasteiger partial charge in [0, 0.05) is 39.8 Å². The van der Waals surface area contributed by atoms with Gasteiger partial charge in [0.2, 0.25) is 0 Å². The smallest absolute Gasteiger partial charge is 0.281 e. The van der Waals surface area contributed by atoms with E-state index in [2.05, 4.69) is 5.32 Å². The van der Waals surface area contributed by atoms with Crippen molar-refractivity contribution in [3.63, 3.8) is 0 Å². The molecule has 0 aromatic heterocycles. The quantitative estimate of drug-likeness (QED) is 0.621. The zero-order valence-electron chi connectivity index (χ0n) is 12.5. The molecule has 0 amide bonds. The lowest BCUT2D eigenvalue weighted by atomic mass is 10.1. The van der Waals surface area contributed by atoms with Gasteiger partial charge in [0.05, 0.1) is 6.61 Å². The van der Waals surface area contributed by atoms with Crippen LogP contribution in [0, 0.1) is 5.92 Å². The Morgan fingerprint density at radius 3 is 2.75 bits per heavy atom. The van der Waals surface area contributed by atoms with E-state index in [-0.39, 0.29) is 0 Å². The number of nitrogens with zero attached hydrogens (tertiary/aromatic N) is 2. The summed E-state index contributed by atoms with van der Waals surface area (Å²) in [7, 11) is 0.0479. The van der Waals surface area contributed by atoms with Crippen LogP contribution >= 0.6 is 0 Å². The van der Waals surface area contributed by atoms with Crippen molar-refractivity contribution in [1.82, 2.24) is 13.9 Å². The number of nitrogens with one attached hydrogen (secondary N) is 1. The van der Waals surface area contributed by atoms with Gasteiger partial charge in [-0.15, -0.1) is 0 Å². The summed E-state index contributed by atoms with van der Waals surface area (Å²) in [6.07, 6.45) is 4.29. The molecule has 7 heteroatoms. The number of methoxy groups -OCH3 is 1. The van der Waals surface area contributed by atoms with Crippen LogP contribution in [0.1, 0.15) is 25.7 Å². The minimum atomic E-state index is -3.29. The van der Waals surface area contributed by atoms with Crippen molar-refractivity contribution in [3.05, 3.63) is 0 Å². The summed E-state index contributed by atoms with van der Waals surface area (Å²) in [4.78, 5) is 0. The zero-order chi connectivity index (χ0) is 14.6. The van der Waals surface area contributed by atoms with Gasteiger partial charge in [-0.2, -0.15) is 17.0 Å². The van der Waals surface area contributed by atoms with Crippen LogP contribution in [0.2, 0.25) is 0 Å². The Balaban J connectivity index is 1.73. The summed E-state index contributed by atoms with van der Waals surface area (Å²) >= 11 is 0. The number of ether oxygens (including phenoxy) is 1. The summed E-state index contributed by atoms with van der Waals surface area (Å²) in [5.74, 6) is 0.333. The van der Waals surface area contributed by atoms with Crippen molar-refractivity contribution in [3.8, 4) is 0 Å². The molecule has 1 saturated carbocycles. The first-order valence-electron chi connectivity index (χ1n) is 7.47. The van der Waals surface area contributed by atoms with Crippen molar-refractivity contribution in [2.45, 2.75) is 31.7 Å². The van der Waals surface area contributed by atoms with Crippen molar-refractivity contribution in [2.24, 2.45) is 5.92 Å². The van der Waals surface area contributed by atoms with Crippen molar-refractivity contribution < 1.29 is 13.2 Å². The molecule has 0 radical (unpaired) electrons. The minimum absolute atomic E-state index is 0.333. The van der Waals surface area contributed by atoms with Gasteiger partial charge in [0.15, 0.2) is 0 Å². The van der Waals surface area contributed by atoms with Crippen molar-refractivity contribution in [2.75, 3.05) is 46.9 Å². The van der Waals surface area contributed by atoms with E-state index < -0.39 is 10.2 Å². The van der Waals surface area contributed by atoms with E-state index >= 15 is 0 Å². The molecule has 1 unspecified atom stereocenters. The minimum Gasteiger partial charge on any atom is -0.384 e. The molecule has 0 aromatic carbocycles. The molecular formula is C13H27N3O3S. The number of hydrogen-bond donors (Lipinski definition) is 1. The zero-order valence-corrected chi connectivity index (χ0v) is 13.4. The van der Waals surface area contributed by atoms with Crippen LogP contribution in [0.5, 0.6) is 0 Å². The van der Waals surface area contributed by atoms with Crippen LogP contribution in [-0.2, 0) is 14.9 Å². The van der Waals surface area contributed by atoms with Crippen molar-refractivity contribution >= 4 is 10.2 Å². The first-order valence-corrected chi connectivity index (χ1v) is 8.87. The second-order valence-electron chi connectivity index (χ2n) is 5.88. The Kier molecular flexibility index (Phi) is 5.80. The molecule has 1 heterocycles. The van der Waals surface area contributed by atoms with Gasteiger partial charge in [0.1, 0.15) is 0 Å². The normalized spacial score (nSPS) is 24.6. The van der Waals surface area contributed by atoms with E-state index in [1.165, 1.54) is 17.1 Å². The highest BCUT2D eigenvalue weighted by Crippen LogP contribution is 2.21. The maximum atomic E-state index is 12.4. The van der Waals surface area contributed by atoms with E-state index in [0.29, 0.717) is 38.2 Å². The first-order chi connectivity index (χ1) is 9.54. The van der Waals surface area contributed by atoms with Gasteiger partial charge in [-0.1, -0.05) is 0 Å². The van der Waals surface area contributed by atoms with E-state index in [0.717, 1.165) is 19.4 Å². The van der Waals surface area contributed by atoms with E-state index in [4.69, 9.17) is 4.74 Å². The maximum Gasteiger partial charge on any atom is 0.281 e. The van der Waals surface area contributed by atoms with Crippen LogP contribution in [0.15, 0.2) is 0 Å². The average Bonchev–Trinajstić information content (AvgIpc) is 3.11. The third-order valence-corrected chi connectivity index (χ3v) is 5.99. The lowest BCUT2D eigenvalue weighted by Crippen LogP contribution is -2.41. The summed E-state index contributed by atoms with van der Waals surface area (Å²) in [5.41, 5.74) is 0. The molecule has 0 aromatic rings. The molecule has 1 N–H and O–H groups in total. The fraction of sp³-hybridized carbons (Fsp3) is 1.00. The van der Waals surface area contributed by atoms with Crippen LogP contribution in [0.3, 0.4) is 0 Å². The van der Waals surface area contributed by atoms with Crippen LogP contribution in [-0.4, -0.2) is 70.0 Å². The predicted molar refractivity (Wildman–Crippen MR) is 78.7 cm³/mol. The fourth-order valence-electron chi connectivity index (χ4n) is 2.59. The average molecular weight is 305 g/mol. The van der Waals surface area contributed by atoms with Gasteiger partial charge in [-0.05, 0) is 38.1 Å². The molecule has 0 spiro atoms. The largest absolute Gasteiger partial charge is 0.384 e. The first kappa shape index (κ1) is 16.2. The number of hydrogen-bond acceptors (Lipinski definition) is 4. The molecule has 20 heavy (non-hydrogen) atoms. The fourth-order valence-corrected chi connectivity index (χ4v) is 4.08. The lowest BCUT2D eigenvalue weighted by molar-refractivity contribution is 0.157. The molecule has 0 bridgehead atoms. The molecule has 118 valence electrons. The van der Waals surface area contributed by atoms with Crippen LogP contribution in [0.4, 0.5) is 0 Å². The molecular weight excluding hydrogens is 278 g/mol. The van der Waals surface area contributed by atoms with E-state index in [1.54, 1.807) is 18.5 Å². The second kappa shape index (κ2) is 7.17. The van der Waals surface area contributed by atoms with Gasteiger partial charge >= 0.3 is 0 Å². The highest BCUT2D eigenvalue weighted by molar-refractivity contribution is 7.86. The standard InChI is InChI=1S/C13H27N3O3S/c1-15(8-3-7-14-13-4-5-13)20(17,18)16-9-6-12(10-16)11-19-2/h12-14H,3-11H2,1-2H3.